The Balaban J connectivity index is 3.57. The Labute approximate surface area is 263 Å². The first-order valence-electron chi connectivity index (χ1n) is 13.2. The highest BCUT2D eigenvalue weighted by Crippen LogP contribution is 2.63. The second kappa shape index (κ2) is 15.3. The summed E-state index contributed by atoms with van der Waals surface area (Å²) in [4.78, 5) is 24.0. The molecule has 0 bridgehead atoms. The minimum absolute atomic E-state index is 0.132. The molecule has 1 rings (SSSR count). The number of allylic oxidation sites excluding steroid dienone is 1. The molecule has 0 aliphatic carbocycles. The van der Waals surface area contributed by atoms with Crippen LogP contribution in [0.3, 0.4) is 0 Å². The van der Waals surface area contributed by atoms with Crippen LogP contribution in [0.4, 0.5) is 95.6 Å². The van der Waals surface area contributed by atoms with Gasteiger partial charge in [0.2, 0.25) is 5.83 Å². The lowest BCUT2D eigenvalue weighted by Crippen LogP contribution is -2.72. The van der Waals surface area contributed by atoms with Crippen molar-refractivity contribution in [3.8, 4) is 5.75 Å². The molecule has 2 N–H and O–H groups in total. The number of hydrogen-bond donors (Lipinski definition) is 2. The number of benzene rings is 1. The highest BCUT2D eigenvalue weighted by molar-refractivity contribution is 5.95. The van der Waals surface area contributed by atoms with E-state index >= 15 is 0 Å². The summed E-state index contributed by atoms with van der Waals surface area (Å²) in [5.74, 6) is -56.3. The highest BCUT2D eigenvalue weighted by atomic mass is 19.4. The number of halogens is 17. The van der Waals surface area contributed by atoms with Crippen molar-refractivity contribution in [1.29, 1.82) is 0 Å². The van der Waals surface area contributed by atoms with Gasteiger partial charge in [-0.05, 0) is 25.0 Å². The molecule has 0 aliphatic heterocycles. The number of ether oxygens (including phenoxy) is 3. The second-order valence-corrected chi connectivity index (χ2v) is 9.57. The van der Waals surface area contributed by atoms with Gasteiger partial charge in [-0.25, -0.2) is 9.59 Å². The molecule has 0 unspecified atom stereocenters. The molecule has 7 nitrogen and oxygen atoms in total. The summed E-state index contributed by atoms with van der Waals surface area (Å²) >= 11 is 0. The summed E-state index contributed by atoms with van der Waals surface area (Å²) in [6.45, 7) is 3.06. The van der Waals surface area contributed by atoms with Gasteiger partial charge in [-0.1, -0.05) is 26.7 Å². The number of carbonyl (C=O) groups excluding carboxylic acids is 2. The predicted molar refractivity (Wildman–Crippen MR) is 132 cm³/mol. The molecule has 49 heavy (non-hydrogen) atoms. The first-order chi connectivity index (χ1) is 22.1. The minimum Gasteiger partial charge on any atom is -0.449 e. The third-order valence-electron chi connectivity index (χ3n) is 5.91. The predicted octanol–water partition coefficient (Wildman–Crippen LogP) is 10.2. The quantitative estimate of drug-likeness (QED) is 0.0997. The molecule has 1 aromatic rings. The van der Waals surface area contributed by atoms with Crippen molar-refractivity contribution < 1.29 is 98.4 Å². The second-order valence-electron chi connectivity index (χ2n) is 9.57. The van der Waals surface area contributed by atoms with Crippen LogP contribution in [0.15, 0.2) is 30.0 Å². The third-order valence-corrected chi connectivity index (χ3v) is 5.91. The standard InChI is InChI=1S/C25H23F17N2O5/c1-3-5-9-47-17(45)43-13-8-7-12(11-14(13)44-18(46)48-10-6-4-2)49-16(27)15(26)19(28,29)20(30,31)21(32,33)22(34,35)23(36,37)24(38,39)25(40,41)42/h7-8,11H,3-6,9-10H2,1-2H3,(H,43,45)(H,44,46). The summed E-state index contributed by atoms with van der Waals surface area (Å²) in [5, 5.41) is 3.93. The van der Waals surface area contributed by atoms with Crippen LogP contribution in [0.5, 0.6) is 5.75 Å². The van der Waals surface area contributed by atoms with Crippen molar-refractivity contribution in [2.24, 2.45) is 0 Å². The first-order valence-corrected chi connectivity index (χ1v) is 13.2. The molecule has 0 heterocycles. The third kappa shape index (κ3) is 8.65. The van der Waals surface area contributed by atoms with E-state index in [1.54, 1.807) is 13.8 Å². The van der Waals surface area contributed by atoms with Gasteiger partial charge in [-0.2, -0.15) is 74.6 Å². The van der Waals surface area contributed by atoms with Gasteiger partial charge < -0.3 is 14.2 Å². The van der Waals surface area contributed by atoms with Crippen LogP contribution in [-0.2, 0) is 9.47 Å². The van der Waals surface area contributed by atoms with E-state index in [-0.39, 0.29) is 13.2 Å². The number of alkyl halides is 15. The molecule has 0 aromatic heterocycles. The molecule has 0 spiro atoms. The number of hydrogen-bond acceptors (Lipinski definition) is 5. The van der Waals surface area contributed by atoms with Gasteiger partial charge in [-0.15, -0.1) is 0 Å². The van der Waals surface area contributed by atoms with Gasteiger partial charge in [0, 0.05) is 6.07 Å². The average Bonchev–Trinajstić information content (AvgIpc) is 2.97. The summed E-state index contributed by atoms with van der Waals surface area (Å²) < 4.78 is 242. The van der Waals surface area contributed by atoms with E-state index in [4.69, 9.17) is 9.47 Å². The van der Waals surface area contributed by atoms with Crippen molar-refractivity contribution in [2.75, 3.05) is 23.8 Å². The number of nitrogens with one attached hydrogen (secondary N) is 2. The van der Waals surface area contributed by atoms with E-state index in [1.807, 2.05) is 10.6 Å². The fraction of sp³-hybridized carbons (Fsp3) is 0.600. The molecule has 0 radical (unpaired) electrons. The van der Waals surface area contributed by atoms with Gasteiger partial charge in [0.1, 0.15) is 5.75 Å². The van der Waals surface area contributed by atoms with E-state index in [9.17, 15) is 84.2 Å². The maximum Gasteiger partial charge on any atom is 0.460 e. The number of carbonyl (C=O) groups is 2. The Morgan fingerprint density at radius 1 is 0.612 bits per heavy atom. The number of unbranched alkanes of at least 4 members (excludes halogenated alkanes) is 2. The number of rotatable bonds is 16. The molecule has 24 heteroatoms. The normalized spacial score (nSPS) is 14.2. The number of amides is 2. The van der Waals surface area contributed by atoms with Crippen LogP contribution in [0, 0.1) is 0 Å². The summed E-state index contributed by atoms with van der Waals surface area (Å²) in [6, 6.07) is -2.38. The van der Waals surface area contributed by atoms with Gasteiger partial charge in [0.15, 0.2) is 0 Å². The lowest BCUT2D eigenvalue weighted by molar-refractivity contribution is -0.451. The molecule has 0 saturated heterocycles. The Hall–Kier alpha value is -3.89. The van der Waals surface area contributed by atoms with Gasteiger partial charge >= 0.3 is 59.9 Å². The van der Waals surface area contributed by atoms with Crippen molar-refractivity contribution in [3.05, 3.63) is 30.0 Å². The van der Waals surface area contributed by atoms with Crippen LogP contribution < -0.4 is 15.4 Å². The van der Waals surface area contributed by atoms with Gasteiger partial charge in [-0.3, -0.25) is 10.6 Å². The molecule has 0 fully saturated rings. The Kier molecular flexibility index (Phi) is 13.5. The van der Waals surface area contributed by atoms with Crippen molar-refractivity contribution >= 4 is 23.6 Å². The van der Waals surface area contributed by atoms with E-state index in [1.165, 1.54) is 0 Å². The summed E-state index contributed by atoms with van der Waals surface area (Å²) in [7, 11) is 0. The zero-order chi connectivity index (χ0) is 38.4. The molecular weight excluding hydrogens is 731 g/mol. The van der Waals surface area contributed by atoms with Gasteiger partial charge in [0.05, 0.1) is 24.6 Å². The fourth-order valence-electron chi connectivity index (χ4n) is 3.09. The Morgan fingerprint density at radius 3 is 1.45 bits per heavy atom. The van der Waals surface area contributed by atoms with Crippen LogP contribution in [0.1, 0.15) is 39.5 Å². The smallest absolute Gasteiger partial charge is 0.449 e. The van der Waals surface area contributed by atoms with Crippen molar-refractivity contribution in [3.63, 3.8) is 0 Å². The first kappa shape index (κ1) is 43.1. The Morgan fingerprint density at radius 2 is 1.02 bits per heavy atom. The number of anilines is 2. The lowest BCUT2D eigenvalue weighted by atomic mass is 9.91. The highest BCUT2D eigenvalue weighted by Gasteiger charge is 2.93. The van der Waals surface area contributed by atoms with Crippen LogP contribution in [-0.4, -0.2) is 67.1 Å². The fourth-order valence-corrected chi connectivity index (χ4v) is 3.09. The maximum atomic E-state index is 14.3. The molecule has 282 valence electrons. The monoisotopic (exact) mass is 754 g/mol. The molecule has 0 atom stereocenters. The lowest BCUT2D eigenvalue weighted by Gasteiger charge is -2.41. The van der Waals surface area contributed by atoms with E-state index in [0.717, 1.165) is 0 Å². The topological polar surface area (TPSA) is 85.9 Å². The van der Waals surface area contributed by atoms with E-state index in [2.05, 4.69) is 4.74 Å². The maximum absolute atomic E-state index is 14.3. The largest absolute Gasteiger partial charge is 0.460 e. The molecule has 1 aromatic carbocycles. The van der Waals surface area contributed by atoms with Crippen LogP contribution in [0.2, 0.25) is 0 Å². The summed E-state index contributed by atoms with van der Waals surface area (Å²) in [5.41, 5.74) is -1.21. The molecule has 2 amide bonds. The van der Waals surface area contributed by atoms with Crippen LogP contribution in [0.25, 0.3) is 0 Å². The van der Waals surface area contributed by atoms with Crippen molar-refractivity contribution in [1.82, 2.24) is 0 Å². The molecular formula is C25H23F17N2O5. The average molecular weight is 754 g/mol. The summed E-state index contributed by atoms with van der Waals surface area (Å²) in [6.07, 6.45) is -8.59. The van der Waals surface area contributed by atoms with Gasteiger partial charge in [0.25, 0.3) is 0 Å². The van der Waals surface area contributed by atoms with E-state index in [0.29, 0.717) is 43.9 Å². The minimum atomic E-state index is -8.73. The van der Waals surface area contributed by atoms with Crippen LogP contribution >= 0.6 is 0 Å². The molecule has 0 saturated carbocycles. The zero-order valence-electron chi connectivity index (χ0n) is 24.4. The SMILES string of the molecule is CCCCOC(=O)Nc1ccc(OC(F)=C(F)C(F)(F)C(F)(F)C(F)(F)C(F)(F)C(F)(F)C(F)(F)C(F)(F)F)cc1NC(=O)OCCCC. The van der Waals surface area contributed by atoms with E-state index < -0.39 is 82.9 Å². The van der Waals surface area contributed by atoms with Crippen molar-refractivity contribution in [2.45, 2.75) is 81.2 Å². The Bertz CT molecular complexity index is 1350. The zero-order valence-corrected chi connectivity index (χ0v) is 24.4. The molecule has 0 aliphatic rings.